The van der Waals surface area contributed by atoms with Crippen molar-refractivity contribution in [2.75, 3.05) is 6.54 Å². The molecule has 2 rings (SSSR count). The van der Waals surface area contributed by atoms with Gasteiger partial charge in [0.25, 0.3) is 0 Å². The van der Waals surface area contributed by atoms with Crippen LogP contribution in [-0.2, 0) is 13.5 Å². The molecule has 114 valence electrons. The number of hydrogen-bond donors (Lipinski definition) is 1. The first-order valence-corrected chi connectivity index (χ1v) is 7.56. The monoisotopic (exact) mass is 329 g/mol. The van der Waals surface area contributed by atoms with Crippen LogP contribution in [0.3, 0.4) is 0 Å². The van der Waals surface area contributed by atoms with Crippen LogP contribution >= 0.6 is 23.2 Å². The quantitative estimate of drug-likeness (QED) is 0.896. The fraction of sp³-hybridized carbons (Fsp3) is 0.400. The molecule has 1 aromatic heterocycles. The van der Waals surface area contributed by atoms with Gasteiger partial charge in [0.2, 0.25) is 0 Å². The fourth-order valence-corrected chi connectivity index (χ4v) is 2.80. The number of benzene rings is 1. The molecule has 21 heavy (non-hydrogen) atoms. The summed E-state index contributed by atoms with van der Waals surface area (Å²) in [5.74, 6) is -0.412. The Kier molecular flexibility index (Phi) is 5.25. The van der Waals surface area contributed by atoms with Gasteiger partial charge < -0.3 is 5.32 Å². The average molecular weight is 330 g/mol. The Balaban J connectivity index is 2.32. The molecular weight excluding hydrogens is 312 g/mol. The van der Waals surface area contributed by atoms with Gasteiger partial charge in [-0.2, -0.15) is 5.10 Å². The number of nitrogens with one attached hydrogen (secondary N) is 1. The van der Waals surface area contributed by atoms with Crippen molar-refractivity contribution in [3.63, 3.8) is 0 Å². The van der Waals surface area contributed by atoms with E-state index in [1.165, 1.54) is 6.07 Å². The topological polar surface area (TPSA) is 29.9 Å². The van der Waals surface area contributed by atoms with Crippen molar-refractivity contribution in [2.24, 2.45) is 7.05 Å². The van der Waals surface area contributed by atoms with Crippen LogP contribution in [0.15, 0.2) is 18.2 Å². The molecule has 0 radical (unpaired) electrons. The number of aryl methyl sites for hydroxylation is 2. The lowest BCUT2D eigenvalue weighted by atomic mass is 10.0. The molecule has 0 bridgehead atoms. The highest BCUT2D eigenvalue weighted by Crippen LogP contribution is 2.27. The summed E-state index contributed by atoms with van der Waals surface area (Å²) < 4.78 is 15.1. The van der Waals surface area contributed by atoms with Gasteiger partial charge in [-0.3, -0.25) is 4.68 Å². The van der Waals surface area contributed by atoms with E-state index in [1.54, 1.807) is 16.8 Å². The molecule has 1 heterocycles. The van der Waals surface area contributed by atoms with Crippen LogP contribution in [0.4, 0.5) is 4.39 Å². The molecule has 1 unspecified atom stereocenters. The zero-order valence-electron chi connectivity index (χ0n) is 12.3. The number of rotatable bonds is 5. The van der Waals surface area contributed by atoms with E-state index in [0.29, 0.717) is 11.4 Å². The van der Waals surface area contributed by atoms with Gasteiger partial charge in [0.15, 0.2) is 0 Å². The molecule has 0 aliphatic carbocycles. The molecule has 1 aromatic carbocycles. The van der Waals surface area contributed by atoms with Crippen LogP contribution < -0.4 is 5.32 Å². The van der Waals surface area contributed by atoms with Crippen LogP contribution in [0.1, 0.15) is 29.9 Å². The van der Waals surface area contributed by atoms with Crippen LogP contribution in [0.5, 0.6) is 0 Å². The summed E-state index contributed by atoms with van der Waals surface area (Å²) in [6.07, 6.45) is 0.659. The van der Waals surface area contributed by atoms with E-state index in [1.807, 2.05) is 20.9 Å². The first-order valence-electron chi connectivity index (χ1n) is 6.80. The Morgan fingerprint density at radius 1 is 1.38 bits per heavy atom. The third-order valence-electron chi connectivity index (χ3n) is 3.46. The molecule has 0 saturated carbocycles. The highest BCUT2D eigenvalue weighted by Gasteiger charge is 2.18. The van der Waals surface area contributed by atoms with E-state index in [2.05, 4.69) is 10.4 Å². The molecule has 0 saturated heterocycles. The van der Waals surface area contributed by atoms with Crippen molar-refractivity contribution in [1.82, 2.24) is 15.1 Å². The first-order chi connectivity index (χ1) is 9.93. The smallest absolute Gasteiger partial charge is 0.141 e. The van der Waals surface area contributed by atoms with Crippen molar-refractivity contribution in [3.05, 3.63) is 51.0 Å². The van der Waals surface area contributed by atoms with Crippen LogP contribution in [0, 0.1) is 12.7 Å². The van der Waals surface area contributed by atoms with E-state index in [9.17, 15) is 4.39 Å². The van der Waals surface area contributed by atoms with Crippen molar-refractivity contribution < 1.29 is 4.39 Å². The van der Waals surface area contributed by atoms with Gasteiger partial charge in [-0.15, -0.1) is 0 Å². The lowest BCUT2D eigenvalue weighted by Gasteiger charge is -2.19. The van der Waals surface area contributed by atoms with Gasteiger partial charge in [0, 0.05) is 19.5 Å². The maximum Gasteiger partial charge on any atom is 0.141 e. The first kappa shape index (κ1) is 16.3. The van der Waals surface area contributed by atoms with Crippen molar-refractivity contribution in [3.8, 4) is 0 Å². The highest BCUT2D eigenvalue weighted by atomic mass is 35.5. The minimum absolute atomic E-state index is 0.000370. The van der Waals surface area contributed by atoms with Gasteiger partial charge in [0.1, 0.15) is 5.82 Å². The van der Waals surface area contributed by atoms with E-state index < -0.39 is 5.82 Å². The summed E-state index contributed by atoms with van der Waals surface area (Å²) in [4.78, 5) is 0. The highest BCUT2D eigenvalue weighted by molar-refractivity contribution is 6.32. The van der Waals surface area contributed by atoms with E-state index >= 15 is 0 Å². The van der Waals surface area contributed by atoms with Crippen LogP contribution in [0.2, 0.25) is 10.0 Å². The molecule has 1 atom stereocenters. The number of likely N-dealkylation sites (N-methyl/N-ethyl adjacent to an activating group) is 1. The Labute approximate surface area is 134 Å². The molecule has 0 aliphatic rings. The molecule has 1 N–H and O–H groups in total. The largest absolute Gasteiger partial charge is 0.310 e. The lowest BCUT2D eigenvalue weighted by molar-refractivity contribution is 0.527. The van der Waals surface area contributed by atoms with E-state index in [0.717, 1.165) is 23.5 Å². The second-order valence-corrected chi connectivity index (χ2v) is 5.74. The minimum Gasteiger partial charge on any atom is -0.310 e. The summed E-state index contributed by atoms with van der Waals surface area (Å²) in [6, 6.07) is 4.78. The third-order valence-corrected chi connectivity index (χ3v) is 4.24. The number of halogens is 3. The molecule has 0 fully saturated rings. The van der Waals surface area contributed by atoms with Gasteiger partial charge in [0.05, 0.1) is 21.4 Å². The van der Waals surface area contributed by atoms with Gasteiger partial charge in [-0.1, -0.05) is 36.2 Å². The summed E-state index contributed by atoms with van der Waals surface area (Å²) >= 11 is 12.2. The van der Waals surface area contributed by atoms with Crippen molar-refractivity contribution >= 4 is 23.2 Å². The van der Waals surface area contributed by atoms with Gasteiger partial charge in [-0.25, -0.2) is 4.39 Å². The Bertz CT molecular complexity index is 640. The molecule has 0 spiro atoms. The summed E-state index contributed by atoms with van der Waals surface area (Å²) in [7, 11) is 1.87. The van der Waals surface area contributed by atoms with Crippen LogP contribution in [0.25, 0.3) is 0 Å². The second-order valence-electron chi connectivity index (χ2n) is 4.96. The lowest BCUT2D eigenvalue weighted by Crippen LogP contribution is -2.24. The Morgan fingerprint density at radius 2 is 2.10 bits per heavy atom. The zero-order valence-corrected chi connectivity index (χ0v) is 13.8. The minimum atomic E-state index is -0.412. The predicted octanol–water partition coefficient (Wildman–Crippen LogP) is 4.07. The third kappa shape index (κ3) is 3.57. The number of aromatic nitrogens is 2. The van der Waals surface area contributed by atoms with Gasteiger partial charge in [-0.05, 0) is 31.2 Å². The molecule has 0 amide bonds. The standard InChI is InChI=1S/C15H18Cl2FN3/c1-4-19-13(10-5-6-12(18)11(16)7-10)8-14-15(17)9(2)20-21(14)3/h5-7,13,19H,4,8H2,1-3H3. The number of nitrogens with zero attached hydrogens (tertiary/aromatic N) is 2. The summed E-state index contributed by atoms with van der Waals surface area (Å²) in [5, 5.41) is 8.50. The predicted molar refractivity (Wildman–Crippen MR) is 84.5 cm³/mol. The van der Waals surface area contributed by atoms with Crippen molar-refractivity contribution in [1.29, 1.82) is 0 Å². The van der Waals surface area contributed by atoms with E-state index in [-0.39, 0.29) is 11.1 Å². The maximum absolute atomic E-state index is 13.3. The Hall–Kier alpha value is -1.10. The van der Waals surface area contributed by atoms with Crippen LogP contribution in [-0.4, -0.2) is 16.3 Å². The SMILES string of the molecule is CCNC(Cc1c(Cl)c(C)nn1C)c1ccc(F)c(Cl)c1. The fourth-order valence-electron chi connectivity index (χ4n) is 2.38. The number of hydrogen-bond acceptors (Lipinski definition) is 2. The normalized spacial score (nSPS) is 12.7. The zero-order chi connectivity index (χ0) is 15.6. The molecular formula is C15H18Cl2FN3. The van der Waals surface area contributed by atoms with Gasteiger partial charge >= 0.3 is 0 Å². The Morgan fingerprint density at radius 3 is 2.62 bits per heavy atom. The molecule has 3 nitrogen and oxygen atoms in total. The van der Waals surface area contributed by atoms with E-state index in [4.69, 9.17) is 23.2 Å². The average Bonchev–Trinajstić information content (AvgIpc) is 2.68. The van der Waals surface area contributed by atoms with Crippen molar-refractivity contribution in [2.45, 2.75) is 26.3 Å². The molecule has 6 heteroatoms. The second kappa shape index (κ2) is 6.77. The molecule has 0 aliphatic heterocycles. The maximum atomic E-state index is 13.3. The summed E-state index contributed by atoms with van der Waals surface area (Å²) in [5.41, 5.74) is 2.68. The molecule has 2 aromatic rings. The summed E-state index contributed by atoms with van der Waals surface area (Å²) in [6.45, 7) is 4.69.